The Morgan fingerprint density at radius 2 is 1.00 bits per heavy atom. The maximum absolute atomic E-state index is 11.8. The van der Waals surface area contributed by atoms with Crippen LogP contribution in [0.3, 0.4) is 0 Å². The molecule has 0 aromatic rings. The zero-order valence-corrected chi connectivity index (χ0v) is 5.93. The second-order valence-electron chi connectivity index (χ2n) is 1.91. The molecule has 8 heavy (non-hydrogen) atoms. The average molecular weight is 160 g/mol. The molecule has 1 aliphatic rings. The Bertz CT molecular complexity index is 96.6. The minimum Gasteiger partial charge on any atom is -0.268 e. The number of rotatable bonds is 0. The van der Waals surface area contributed by atoms with Crippen molar-refractivity contribution in [3.05, 3.63) is 0 Å². The summed E-state index contributed by atoms with van der Waals surface area (Å²) in [5.41, 5.74) is 0. The first-order valence-corrected chi connectivity index (χ1v) is 7.14. The Morgan fingerprint density at radius 1 is 0.750 bits per heavy atom. The highest BCUT2D eigenvalue weighted by molar-refractivity contribution is 7.35. The van der Waals surface area contributed by atoms with Gasteiger partial charge in [-0.2, -0.15) is 0 Å². The highest BCUT2D eigenvalue weighted by atomic mass is 29.3. The molecule has 0 aromatic heterocycles. The van der Waals surface area contributed by atoms with Crippen LogP contribution in [0.1, 0.15) is 0 Å². The average Bonchev–Trinajstić information content (AvgIpc) is 1.64. The predicted octanol–water partition coefficient (Wildman–Crippen LogP) is 1.84. The van der Waals surface area contributed by atoms with Crippen molar-refractivity contribution >= 4 is 16.5 Å². The van der Waals surface area contributed by atoms with Crippen molar-refractivity contribution in [2.75, 3.05) is 0 Å². The maximum atomic E-state index is 11.8. The van der Waals surface area contributed by atoms with Crippen LogP contribution in [0.2, 0.25) is 12.1 Å². The maximum Gasteiger partial charge on any atom is 0.476 e. The van der Waals surface area contributed by atoms with Crippen LogP contribution in [0.15, 0.2) is 0 Å². The van der Waals surface area contributed by atoms with Gasteiger partial charge in [0, 0.05) is 12.1 Å². The van der Waals surface area contributed by atoms with E-state index >= 15 is 0 Å². The summed E-state index contributed by atoms with van der Waals surface area (Å²) in [5, 5.41) is 0. The molecule has 0 aromatic carbocycles. The molecule has 0 N–H and O–H groups in total. The summed E-state index contributed by atoms with van der Waals surface area (Å²) in [4.78, 5) is 0. The summed E-state index contributed by atoms with van der Waals surface area (Å²) in [6.45, 7) is 0. The Hall–Kier alpha value is 0.154. The fraction of sp³-hybridized carbons (Fsp3) is 1.00. The van der Waals surface area contributed by atoms with Crippen LogP contribution in [-0.4, -0.2) is 16.5 Å². The van der Waals surface area contributed by atoms with Gasteiger partial charge < -0.3 is 0 Å². The van der Waals surface area contributed by atoms with E-state index in [0.717, 1.165) is 0 Å². The number of hydrogen-bond donors (Lipinski definition) is 0. The van der Waals surface area contributed by atoms with Crippen LogP contribution in [0.25, 0.3) is 0 Å². The number of hydrogen-bond acceptors (Lipinski definition) is 0. The number of halogens is 4. The van der Waals surface area contributed by atoms with Crippen molar-refractivity contribution in [3.63, 3.8) is 0 Å². The molecule has 0 spiro atoms. The summed E-state index contributed by atoms with van der Waals surface area (Å²) in [5.74, 6) is 0. The van der Waals surface area contributed by atoms with Gasteiger partial charge in [0.15, 0.2) is 0 Å². The van der Waals surface area contributed by atoms with E-state index in [1.807, 2.05) is 0 Å². The first kappa shape index (κ1) is 6.28. The molecule has 0 unspecified atom stereocenters. The van der Waals surface area contributed by atoms with Gasteiger partial charge in [-0.3, -0.25) is 16.4 Å². The van der Waals surface area contributed by atoms with Crippen molar-refractivity contribution in [1.29, 1.82) is 0 Å². The van der Waals surface area contributed by atoms with Gasteiger partial charge in [0.2, 0.25) is 0 Å². The standard InChI is InChI=1S/C2H4F4Si2/c3-7(4)1-2-8(7,5)6/h1-2H2. The van der Waals surface area contributed by atoms with Gasteiger partial charge in [0.1, 0.15) is 0 Å². The molecular formula is C2H4F4Si2. The largest absolute Gasteiger partial charge is 0.476 e. The van der Waals surface area contributed by atoms with Crippen LogP contribution in [0.4, 0.5) is 16.4 Å². The minimum absolute atomic E-state index is 0.466. The van der Waals surface area contributed by atoms with Crippen LogP contribution >= 0.6 is 0 Å². The summed E-state index contributed by atoms with van der Waals surface area (Å²) < 4.78 is 47.1. The van der Waals surface area contributed by atoms with Gasteiger partial charge in [0.05, 0.1) is 0 Å². The molecular weight excluding hydrogens is 156 g/mol. The third kappa shape index (κ3) is 0.626. The second-order valence-corrected chi connectivity index (χ2v) is 10.1. The Morgan fingerprint density at radius 3 is 1.00 bits per heavy atom. The van der Waals surface area contributed by atoms with Gasteiger partial charge in [-0.25, -0.2) is 0 Å². The Labute approximate surface area is 46.0 Å². The molecule has 1 rings (SSSR count). The highest BCUT2D eigenvalue weighted by Gasteiger charge is 2.73. The Balaban J connectivity index is 2.63. The molecule has 1 saturated heterocycles. The second kappa shape index (κ2) is 1.35. The van der Waals surface area contributed by atoms with Gasteiger partial charge in [0.25, 0.3) is 0 Å². The first-order chi connectivity index (χ1) is 3.46. The van der Waals surface area contributed by atoms with Crippen molar-refractivity contribution in [2.24, 2.45) is 0 Å². The fourth-order valence-electron chi connectivity index (χ4n) is 0.503. The Kier molecular flexibility index (Phi) is 1.06. The van der Waals surface area contributed by atoms with E-state index in [4.69, 9.17) is 0 Å². The zero-order chi connectivity index (χ0) is 6.41. The van der Waals surface area contributed by atoms with E-state index in [9.17, 15) is 16.4 Å². The molecule has 0 aliphatic carbocycles. The van der Waals surface area contributed by atoms with Crippen molar-refractivity contribution in [3.8, 4) is 0 Å². The topological polar surface area (TPSA) is 0 Å². The SMILES string of the molecule is F[Si]1(F)CC[Si]1(F)F. The van der Waals surface area contributed by atoms with E-state index in [0.29, 0.717) is 0 Å². The molecule has 0 atom stereocenters. The fourth-order valence-corrected chi connectivity index (χ4v) is 4.53. The monoisotopic (exact) mass is 160 g/mol. The molecule has 1 heterocycles. The minimum atomic E-state index is -4.87. The van der Waals surface area contributed by atoms with Crippen LogP contribution in [0, 0.1) is 0 Å². The van der Waals surface area contributed by atoms with E-state index in [2.05, 4.69) is 0 Å². The molecule has 0 nitrogen and oxygen atoms in total. The van der Waals surface area contributed by atoms with Gasteiger partial charge in [-0.15, -0.1) is 0 Å². The van der Waals surface area contributed by atoms with Gasteiger partial charge >= 0.3 is 16.5 Å². The summed E-state index contributed by atoms with van der Waals surface area (Å²) in [6, 6.07) is -0.932. The third-order valence-corrected chi connectivity index (χ3v) is 9.32. The van der Waals surface area contributed by atoms with E-state index in [1.165, 1.54) is 0 Å². The van der Waals surface area contributed by atoms with Gasteiger partial charge in [-0.05, 0) is 0 Å². The highest BCUT2D eigenvalue weighted by Crippen LogP contribution is 2.44. The molecule has 0 bridgehead atoms. The van der Waals surface area contributed by atoms with Crippen molar-refractivity contribution in [2.45, 2.75) is 12.1 Å². The van der Waals surface area contributed by atoms with E-state index in [-0.39, 0.29) is 0 Å². The predicted molar refractivity (Wildman–Crippen MR) is 25.6 cm³/mol. The lowest BCUT2D eigenvalue weighted by molar-refractivity contribution is 0.518. The molecule has 0 amide bonds. The zero-order valence-electron chi connectivity index (χ0n) is 3.93. The lowest BCUT2D eigenvalue weighted by Gasteiger charge is -2.29. The normalized spacial score (nSPS) is 31.5. The lowest BCUT2D eigenvalue weighted by atomic mass is 10.9. The summed E-state index contributed by atoms with van der Waals surface area (Å²) in [6.07, 6.45) is 0. The quantitative estimate of drug-likeness (QED) is 0.288. The van der Waals surface area contributed by atoms with Crippen molar-refractivity contribution in [1.82, 2.24) is 0 Å². The van der Waals surface area contributed by atoms with Crippen LogP contribution < -0.4 is 0 Å². The molecule has 1 aliphatic heterocycles. The summed E-state index contributed by atoms with van der Waals surface area (Å²) in [7, 11) is -9.75. The molecule has 48 valence electrons. The van der Waals surface area contributed by atoms with Crippen molar-refractivity contribution < 1.29 is 16.4 Å². The molecule has 0 saturated carbocycles. The lowest BCUT2D eigenvalue weighted by Crippen LogP contribution is -2.59. The van der Waals surface area contributed by atoms with E-state index < -0.39 is 28.6 Å². The first-order valence-electron chi connectivity index (χ1n) is 2.21. The third-order valence-electron chi connectivity index (χ3n) is 1.29. The van der Waals surface area contributed by atoms with E-state index in [1.54, 1.807) is 0 Å². The summed E-state index contributed by atoms with van der Waals surface area (Å²) >= 11 is 0. The van der Waals surface area contributed by atoms with Gasteiger partial charge in [-0.1, -0.05) is 0 Å². The molecule has 6 heteroatoms. The van der Waals surface area contributed by atoms with Crippen LogP contribution in [-0.2, 0) is 0 Å². The smallest absolute Gasteiger partial charge is 0.268 e. The molecule has 0 radical (unpaired) electrons. The van der Waals surface area contributed by atoms with Crippen LogP contribution in [0.5, 0.6) is 0 Å². The molecule has 1 fully saturated rings.